The first kappa shape index (κ1) is 16.9. The minimum atomic E-state index is -0.508. The van der Waals surface area contributed by atoms with Gasteiger partial charge in [-0.2, -0.15) is 0 Å². The lowest BCUT2D eigenvalue weighted by atomic mass is 10.1. The SMILES string of the molecule is CC(C)(C)OC(=O)N1CCC[C@@H](OCC(=O)c2nccs2)C1. The third kappa shape index (κ3) is 5.06. The first-order chi connectivity index (χ1) is 10.3. The summed E-state index contributed by atoms with van der Waals surface area (Å²) in [4.78, 5) is 29.5. The average Bonchev–Trinajstić information content (AvgIpc) is 2.97. The van der Waals surface area contributed by atoms with E-state index in [-0.39, 0.29) is 24.6 Å². The minimum Gasteiger partial charge on any atom is -0.444 e. The van der Waals surface area contributed by atoms with Gasteiger partial charge in [-0.05, 0) is 33.6 Å². The molecule has 1 fully saturated rings. The second-order valence-electron chi connectivity index (χ2n) is 6.26. The van der Waals surface area contributed by atoms with Crippen molar-refractivity contribution in [2.45, 2.75) is 45.3 Å². The highest BCUT2D eigenvalue weighted by Gasteiger charge is 2.28. The van der Waals surface area contributed by atoms with Gasteiger partial charge in [0.25, 0.3) is 0 Å². The molecule has 2 rings (SSSR count). The molecule has 1 atom stereocenters. The molecule has 0 bridgehead atoms. The highest BCUT2D eigenvalue weighted by Crippen LogP contribution is 2.17. The Morgan fingerprint density at radius 1 is 1.45 bits per heavy atom. The normalized spacial score (nSPS) is 19.0. The minimum absolute atomic E-state index is 0.000336. The lowest BCUT2D eigenvalue weighted by molar-refractivity contribution is -0.0163. The molecule has 0 radical (unpaired) electrons. The summed E-state index contributed by atoms with van der Waals surface area (Å²) in [6.45, 7) is 6.65. The maximum atomic E-state index is 12.1. The van der Waals surface area contributed by atoms with Gasteiger partial charge in [-0.25, -0.2) is 9.78 Å². The fraction of sp³-hybridized carbons (Fsp3) is 0.667. The van der Waals surface area contributed by atoms with E-state index >= 15 is 0 Å². The number of carbonyl (C=O) groups excluding carboxylic acids is 2. The van der Waals surface area contributed by atoms with E-state index in [0.29, 0.717) is 18.1 Å². The van der Waals surface area contributed by atoms with Gasteiger partial charge in [-0.15, -0.1) is 11.3 Å². The number of rotatable bonds is 4. The number of nitrogens with zero attached hydrogens (tertiary/aromatic N) is 2. The molecule has 1 aliphatic rings. The molecule has 0 aromatic carbocycles. The Balaban J connectivity index is 1.80. The van der Waals surface area contributed by atoms with Crippen molar-refractivity contribution in [3.05, 3.63) is 16.6 Å². The Morgan fingerprint density at radius 2 is 2.23 bits per heavy atom. The molecule has 22 heavy (non-hydrogen) atoms. The summed E-state index contributed by atoms with van der Waals surface area (Å²) >= 11 is 1.30. The zero-order valence-electron chi connectivity index (χ0n) is 13.2. The molecule has 0 saturated carbocycles. The molecule has 6 nitrogen and oxygen atoms in total. The number of aromatic nitrogens is 1. The number of ketones is 1. The van der Waals surface area contributed by atoms with Gasteiger partial charge in [0.1, 0.15) is 12.2 Å². The van der Waals surface area contributed by atoms with Crippen LogP contribution in [0.25, 0.3) is 0 Å². The van der Waals surface area contributed by atoms with Crippen LogP contribution in [0.1, 0.15) is 43.4 Å². The number of likely N-dealkylation sites (tertiary alicyclic amines) is 1. The Kier molecular flexibility index (Phi) is 5.52. The third-order valence-electron chi connectivity index (χ3n) is 3.15. The van der Waals surface area contributed by atoms with Crippen LogP contribution in [0.3, 0.4) is 0 Å². The van der Waals surface area contributed by atoms with E-state index in [0.717, 1.165) is 12.8 Å². The molecule has 1 aromatic rings. The van der Waals surface area contributed by atoms with Crippen LogP contribution in [-0.4, -0.2) is 53.2 Å². The van der Waals surface area contributed by atoms with Crippen molar-refractivity contribution in [1.29, 1.82) is 0 Å². The van der Waals surface area contributed by atoms with E-state index in [4.69, 9.17) is 9.47 Å². The number of ether oxygens (including phenoxy) is 2. The van der Waals surface area contributed by atoms with Gasteiger partial charge in [0.05, 0.1) is 12.6 Å². The molecule has 1 amide bonds. The molecule has 0 unspecified atom stereocenters. The van der Waals surface area contributed by atoms with E-state index in [1.54, 1.807) is 16.5 Å². The summed E-state index contributed by atoms with van der Waals surface area (Å²) in [6.07, 6.45) is 2.82. The lowest BCUT2D eigenvalue weighted by Gasteiger charge is -2.33. The average molecular weight is 326 g/mol. The van der Waals surface area contributed by atoms with Crippen molar-refractivity contribution in [3.63, 3.8) is 0 Å². The van der Waals surface area contributed by atoms with Crippen LogP contribution in [0.15, 0.2) is 11.6 Å². The molecule has 122 valence electrons. The van der Waals surface area contributed by atoms with Crippen LogP contribution in [0.4, 0.5) is 4.79 Å². The fourth-order valence-corrected chi connectivity index (χ4v) is 2.75. The van der Waals surface area contributed by atoms with Crippen LogP contribution in [-0.2, 0) is 9.47 Å². The van der Waals surface area contributed by atoms with Crippen molar-refractivity contribution in [3.8, 4) is 0 Å². The van der Waals surface area contributed by atoms with Gasteiger partial charge < -0.3 is 14.4 Å². The quantitative estimate of drug-likeness (QED) is 0.796. The summed E-state index contributed by atoms with van der Waals surface area (Å²) in [5, 5.41) is 2.22. The summed E-state index contributed by atoms with van der Waals surface area (Å²) in [6, 6.07) is 0. The second kappa shape index (κ2) is 7.19. The number of piperidine rings is 1. The first-order valence-corrected chi connectivity index (χ1v) is 8.25. The predicted octanol–water partition coefficient (Wildman–Crippen LogP) is 2.74. The number of carbonyl (C=O) groups is 2. The standard InChI is InChI=1S/C15H22N2O4S/c1-15(2,3)21-14(19)17-7-4-5-11(9-17)20-10-12(18)13-16-6-8-22-13/h6,8,11H,4-5,7,9-10H2,1-3H3/t11-/m1/s1. The number of thiazole rings is 1. The van der Waals surface area contributed by atoms with Gasteiger partial charge in [-0.3, -0.25) is 4.79 Å². The molecule has 0 N–H and O–H groups in total. The van der Waals surface area contributed by atoms with Crippen LogP contribution in [0.5, 0.6) is 0 Å². The number of hydrogen-bond acceptors (Lipinski definition) is 6. The van der Waals surface area contributed by atoms with Gasteiger partial charge in [0, 0.05) is 18.1 Å². The van der Waals surface area contributed by atoms with Crippen molar-refractivity contribution in [2.75, 3.05) is 19.7 Å². The molecule has 1 saturated heterocycles. The van der Waals surface area contributed by atoms with Gasteiger partial charge in [0.2, 0.25) is 5.78 Å². The summed E-state index contributed by atoms with van der Waals surface area (Å²) in [5.41, 5.74) is -0.508. The lowest BCUT2D eigenvalue weighted by Crippen LogP contribution is -2.45. The molecule has 1 aromatic heterocycles. The van der Waals surface area contributed by atoms with Gasteiger partial charge in [0.15, 0.2) is 5.01 Å². The van der Waals surface area contributed by atoms with Gasteiger partial charge in [-0.1, -0.05) is 0 Å². The Bertz CT molecular complexity index is 510. The van der Waals surface area contributed by atoms with Crippen LogP contribution < -0.4 is 0 Å². The van der Waals surface area contributed by atoms with Crippen molar-refractivity contribution < 1.29 is 19.1 Å². The van der Waals surface area contributed by atoms with E-state index in [9.17, 15) is 9.59 Å². The van der Waals surface area contributed by atoms with E-state index < -0.39 is 5.60 Å². The highest BCUT2D eigenvalue weighted by atomic mass is 32.1. The Labute approximate surface area is 134 Å². The molecule has 7 heteroatoms. The van der Waals surface area contributed by atoms with Crippen molar-refractivity contribution >= 4 is 23.2 Å². The number of Topliss-reactive ketones (excluding diaryl/α,β-unsaturated/α-hetero) is 1. The second-order valence-corrected chi connectivity index (χ2v) is 7.16. The van der Waals surface area contributed by atoms with Crippen LogP contribution in [0.2, 0.25) is 0 Å². The predicted molar refractivity (Wildman–Crippen MR) is 83.2 cm³/mol. The molecular weight excluding hydrogens is 304 g/mol. The number of amides is 1. The van der Waals surface area contributed by atoms with Crippen molar-refractivity contribution in [2.24, 2.45) is 0 Å². The fourth-order valence-electron chi connectivity index (χ4n) is 2.18. The summed E-state index contributed by atoms with van der Waals surface area (Å²) in [7, 11) is 0. The molecule has 0 spiro atoms. The van der Waals surface area contributed by atoms with Crippen molar-refractivity contribution in [1.82, 2.24) is 9.88 Å². The molecule has 0 aliphatic carbocycles. The molecule has 1 aliphatic heterocycles. The van der Waals surface area contributed by atoms with E-state index in [2.05, 4.69) is 4.98 Å². The maximum absolute atomic E-state index is 12.1. The number of hydrogen-bond donors (Lipinski definition) is 0. The molecule has 2 heterocycles. The monoisotopic (exact) mass is 326 g/mol. The van der Waals surface area contributed by atoms with Crippen LogP contribution >= 0.6 is 11.3 Å². The zero-order valence-corrected chi connectivity index (χ0v) is 14.0. The van der Waals surface area contributed by atoms with E-state index in [1.165, 1.54) is 11.3 Å². The van der Waals surface area contributed by atoms with Crippen LogP contribution in [0, 0.1) is 0 Å². The Hall–Kier alpha value is -1.47. The largest absolute Gasteiger partial charge is 0.444 e. The first-order valence-electron chi connectivity index (χ1n) is 7.37. The van der Waals surface area contributed by atoms with Gasteiger partial charge >= 0.3 is 6.09 Å². The molecular formula is C15H22N2O4S. The highest BCUT2D eigenvalue weighted by molar-refractivity contribution is 7.11. The smallest absolute Gasteiger partial charge is 0.410 e. The third-order valence-corrected chi connectivity index (χ3v) is 3.96. The summed E-state index contributed by atoms with van der Waals surface area (Å²) < 4.78 is 11.0. The Morgan fingerprint density at radius 3 is 2.86 bits per heavy atom. The van der Waals surface area contributed by atoms with E-state index in [1.807, 2.05) is 20.8 Å². The maximum Gasteiger partial charge on any atom is 0.410 e. The topological polar surface area (TPSA) is 68.7 Å². The zero-order chi connectivity index (χ0) is 16.2. The summed E-state index contributed by atoms with van der Waals surface area (Å²) in [5.74, 6) is -0.121.